The number of ether oxygens (including phenoxy) is 7. The number of hydrogen-bond acceptors (Lipinski definition) is 17. The first kappa shape index (κ1) is 47.6. The van der Waals surface area contributed by atoms with Crippen molar-refractivity contribution in [2.45, 2.75) is 171 Å². The summed E-state index contributed by atoms with van der Waals surface area (Å²) in [7, 11) is -10.4. The lowest BCUT2D eigenvalue weighted by atomic mass is 9.97. The minimum absolute atomic E-state index is 0.0702. The molecule has 1 aromatic rings. The van der Waals surface area contributed by atoms with Gasteiger partial charge in [0.2, 0.25) is 0 Å². The third-order valence-electron chi connectivity index (χ3n) is 11.7. The molecule has 6 aliphatic rings. The van der Waals surface area contributed by atoms with Crippen molar-refractivity contribution in [3.8, 4) is 0 Å². The Morgan fingerprint density at radius 2 is 1.12 bits per heavy atom. The van der Waals surface area contributed by atoms with Crippen LogP contribution in [0.2, 0.25) is 18.1 Å². The molecule has 342 valence electrons. The molecule has 0 bridgehead atoms. The zero-order valence-corrected chi connectivity index (χ0v) is 40.8. The number of fused-ring (bicyclic) bond motifs is 2. The quantitative estimate of drug-likeness (QED) is 0.145. The van der Waals surface area contributed by atoms with Crippen LogP contribution in [0.25, 0.3) is 0 Å². The van der Waals surface area contributed by atoms with Crippen molar-refractivity contribution in [1.82, 2.24) is 0 Å². The second-order valence-corrected chi connectivity index (χ2v) is 29.7. The van der Waals surface area contributed by atoms with E-state index >= 15 is 0 Å². The number of benzene rings is 1. The highest BCUT2D eigenvalue weighted by Gasteiger charge is 2.61. The van der Waals surface area contributed by atoms with Crippen molar-refractivity contribution in [3.63, 3.8) is 0 Å². The van der Waals surface area contributed by atoms with Crippen LogP contribution >= 0.6 is 27.4 Å². The zero-order valence-electron chi connectivity index (χ0n) is 37.2. The number of rotatable bonds is 12. The average Bonchev–Trinajstić information content (AvgIpc) is 3.66. The SMILES string of the molecule is CC1(C)COP(=O)(OC2C(OCC3OC(Sc4ccccc4)C(OP4(=O)OCC(C)(C)CO4)C4OC(C)(C)OC34)OC(CO[Si](C)(C)C(C)(C)C)C3OC(C)(C)OC32)OC1. The van der Waals surface area contributed by atoms with E-state index < -0.39 is 96.1 Å². The largest absolute Gasteiger partial charge is 0.475 e. The summed E-state index contributed by atoms with van der Waals surface area (Å²) in [6, 6.07) is 9.65. The van der Waals surface area contributed by atoms with E-state index in [1.54, 1.807) is 27.7 Å². The number of hydrogen-bond donors (Lipinski definition) is 0. The van der Waals surface area contributed by atoms with Gasteiger partial charge in [0.05, 0.1) is 39.6 Å². The van der Waals surface area contributed by atoms with Crippen molar-refractivity contribution < 1.29 is 73.9 Å². The molecule has 0 spiro atoms. The van der Waals surface area contributed by atoms with Gasteiger partial charge in [0.1, 0.15) is 54.3 Å². The predicted molar refractivity (Wildman–Crippen MR) is 223 cm³/mol. The van der Waals surface area contributed by atoms with E-state index in [4.69, 9.17) is 64.7 Å². The van der Waals surface area contributed by atoms with E-state index in [1.807, 2.05) is 58.0 Å². The second-order valence-electron chi connectivity index (χ2n) is 20.5. The lowest BCUT2D eigenvalue weighted by molar-refractivity contribution is -0.291. The zero-order chi connectivity index (χ0) is 43.7. The fourth-order valence-corrected chi connectivity index (χ4v) is 13.0. The van der Waals surface area contributed by atoms with Gasteiger partial charge in [-0.15, -0.1) is 0 Å². The molecule has 20 heteroatoms. The van der Waals surface area contributed by atoms with Crippen LogP contribution in [0.1, 0.15) is 76.2 Å². The van der Waals surface area contributed by atoms with E-state index in [-0.39, 0.29) is 55.5 Å². The van der Waals surface area contributed by atoms with Crippen molar-refractivity contribution in [2.24, 2.45) is 10.8 Å². The lowest BCUT2D eigenvalue weighted by Crippen LogP contribution is -2.61. The van der Waals surface area contributed by atoms with Crippen molar-refractivity contribution in [2.75, 3.05) is 39.6 Å². The molecule has 10 atom stereocenters. The Hall–Kier alpha value is -0.313. The summed E-state index contributed by atoms with van der Waals surface area (Å²) in [5.41, 5.74) is -1.51. The molecule has 0 amide bonds. The Labute approximate surface area is 360 Å². The smallest absolute Gasteiger partial charge is 0.414 e. The highest BCUT2D eigenvalue weighted by Crippen LogP contribution is 2.60. The van der Waals surface area contributed by atoms with Gasteiger partial charge in [-0.05, 0) is 58.0 Å². The molecule has 6 aliphatic heterocycles. The van der Waals surface area contributed by atoms with E-state index in [9.17, 15) is 9.13 Å². The molecule has 10 unspecified atom stereocenters. The Bertz CT molecular complexity index is 1730. The van der Waals surface area contributed by atoms with Crippen molar-refractivity contribution in [1.29, 1.82) is 0 Å². The van der Waals surface area contributed by atoms with Gasteiger partial charge in [0.25, 0.3) is 0 Å². The molecule has 0 aliphatic carbocycles. The van der Waals surface area contributed by atoms with Gasteiger partial charge in [-0.2, -0.15) is 0 Å². The van der Waals surface area contributed by atoms with Gasteiger partial charge in [0, 0.05) is 15.7 Å². The summed E-state index contributed by atoms with van der Waals surface area (Å²) in [5, 5.41) is -0.0702. The average molecular weight is 925 g/mol. The minimum Gasteiger partial charge on any atom is -0.414 e. The van der Waals surface area contributed by atoms with Crippen LogP contribution in [0.3, 0.4) is 0 Å². The molecule has 0 N–H and O–H groups in total. The van der Waals surface area contributed by atoms with Gasteiger partial charge in [-0.25, -0.2) is 9.13 Å². The Morgan fingerprint density at radius 1 is 0.667 bits per heavy atom. The number of thioether (sulfide) groups is 1. The van der Waals surface area contributed by atoms with Crippen LogP contribution in [0.15, 0.2) is 35.2 Å². The maximum atomic E-state index is 14.1. The van der Waals surface area contributed by atoms with Gasteiger partial charge in [0.15, 0.2) is 26.2 Å². The second kappa shape index (κ2) is 17.2. The summed E-state index contributed by atoms with van der Waals surface area (Å²) < 4.78 is 117. The molecule has 6 heterocycles. The highest BCUT2D eigenvalue weighted by molar-refractivity contribution is 7.99. The third-order valence-corrected chi connectivity index (χ3v) is 20.1. The van der Waals surface area contributed by atoms with Crippen LogP contribution < -0.4 is 0 Å². The standard InChI is InChI=1S/C40H66O16P2SSi/c1-36(2,3)60(12,13)48-20-27-29-30(53-39(8,9)52-29)32(55-57(41)44-21-37(4,5)22-45-57)34(49-27)43-19-26-28-31(54-40(10,11)51-28)33(35(50-26)59-25-17-15-14-16-18-25)56-58(42)46-23-38(6,7)24-47-58/h14-18,26-35H,19-24H2,1-13H3. The maximum absolute atomic E-state index is 14.1. The molecular weight excluding hydrogens is 859 g/mol. The van der Waals surface area contributed by atoms with Crippen LogP contribution in [0, 0.1) is 10.8 Å². The van der Waals surface area contributed by atoms with Crippen LogP contribution in [0.5, 0.6) is 0 Å². The summed E-state index contributed by atoms with van der Waals surface area (Å²) in [4.78, 5) is 0.873. The number of phosphoric ester groups is 2. The molecule has 16 nitrogen and oxygen atoms in total. The molecule has 60 heavy (non-hydrogen) atoms. The summed E-state index contributed by atoms with van der Waals surface area (Å²) in [5.74, 6) is -2.12. The highest BCUT2D eigenvalue weighted by atomic mass is 32.2. The molecule has 1 aromatic carbocycles. The predicted octanol–water partition coefficient (Wildman–Crippen LogP) is 8.44. The first-order valence-corrected chi connectivity index (χ1v) is 27.5. The van der Waals surface area contributed by atoms with E-state index in [2.05, 4.69) is 33.9 Å². The molecule has 0 radical (unpaired) electrons. The van der Waals surface area contributed by atoms with Gasteiger partial charge in [-0.1, -0.05) is 78.4 Å². The summed E-state index contributed by atoms with van der Waals surface area (Å²) >= 11 is 1.37. The lowest BCUT2D eigenvalue weighted by Gasteiger charge is -2.46. The van der Waals surface area contributed by atoms with Crippen LogP contribution in [-0.4, -0.2) is 120 Å². The van der Waals surface area contributed by atoms with Crippen molar-refractivity contribution >= 4 is 35.7 Å². The topological polar surface area (TPSA) is 163 Å². The van der Waals surface area contributed by atoms with Crippen LogP contribution in [0.4, 0.5) is 0 Å². The fraction of sp³-hybridized carbons (Fsp3) is 0.850. The fourth-order valence-electron chi connectivity index (χ4n) is 7.32. The minimum atomic E-state index is -4.12. The Kier molecular flexibility index (Phi) is 13.6. The van der Waals surface area contributed by atoms with Gasteiger partial charge >= 0.3 is 15.6 Å². The van der Waals surface area contributed by atoms with Gasteiger partial charge in [-0.3, -0.25) is 27.1 Å². The normalized spacial score (nSPS) is 37.9. The van der Waals surface area contributed by atoms with Gasteiger partial charge < -0.3 is 37.6 Å². The molecule has 6 saturated heterocycles. The summed E-state index contributed by atoms with van der Waals surface area (Å²) in [6.07, 6.45) is -7.78. The number of phosphoric acid groups is 2. The van der Waals surface area contributed by atoms with E-state index in [1.165, 1.54) is 11.8 Å². The first-order chi connectivity index (χ1) is 27.7. The molecule has 0 aromatic heterocycles. The molecule has 0 saturated carbocycles. The van der Waals surface area contributed by atoms with Crippen LogP contribution in [-0.2, 0) is 73.9 Å². The monoisotopic (exact) mass is 924 g/mol. The van der Waals surface area contributed by atoms with Crippen molar-refractivity contribution in [3.05, 3.63) is 30.3 Å². The van der Waals surface area contributed by atoms with E-state index in [0.717, 1.165) is 4.90 Å². The summed E-state index contributed by atoms with van der Waals surface area (Å²) in [6.45, 7) is 26.6. The molecular formula is C40H66O16P2SSi. The molecule has 7 rings (SSSR count). The maximum Gasteiger partial charge on any atom is 0.475 e. The van der Waals surface area contributed by atoms with E-state index in [0.29, 0.717) is 0 Å². The Balaban J connectivity index is 1.18. The molecule has 6 fully saturated rings. The Morgan fingerprint density at radius 3 is 1.62 bits per heavy atom. The first-order valence-electron chi connectivity index (χ1n) is 20.8. The third kappa shape index (κ3) is 11.0.